The lowest BCUT2D eigenvalue weighted by Gasteiger charge is -1.70. The molecule has 0 amide bonds. The lowest BCUT2D eigenvalue weighted by Crippen LogP contribution is -1.95. The fraction of sp³-hybridized carbons (Fsp3) is 1.00. The molecule has 0 unspecified atom stereocenters. The molecule has 0 radical (unpaired) electrons. The van der Waals surface area contributed by atoms with Crippen molar-refractivity contribution in [1.29, 1.82) is 5.39 Å². The predicted molar refractivity (Wildman–Crippen MR) is 18.8 cm³/mol. The highest BCUT2D eigenvalue weighted by atomic mass is 15.4. The molecule has 0 saturated heterocycles. The Morgan fingerprint density at radius 1 is 1.60 bits per heavy atom. The first-order valence-corrected chi connectivity index (χ1v) is 1.29. The third-order valence-electron chi connectivity index (χ3n) is 0.179. The molecule has 5 heavy (non-hydrogen) atoms. The van der Waals surface area contributed by atoms with Crippen molar-refractivity contribution >= 4 is 0 Å². The van der Waals surface area contributed by atoms with E-state index in [1.165, 1.54) is 5.01 Å². The minimum absolute atomic E-state index is 1.31. The Bertz CT molecular complexity index is 50.4. The first-order chi connectivity index (χ1) is 2.27. The average molecular weight is 72.1 g/mol. The van der Waals surface area contributed by atoms with Crippen LogP contribution in [0.3, 0.4) is 0 Å². The Morgan fingerprint density at radius 3 is 1.80 bits per heavy atom. The molecule has 0 saturated carbocycles. The minimum Gasteiger partial charge on any atom is -0.0389 e. The molecule has 3 nitrogen and oxygen atoms in total. The van der Waals surface area contributed by atoms with Crippen LogP contribution in [-0.4, -0.2) is 19.1 Å². The SMILES string of the molecule is CN(C)[N+]#N. The largest absolute Gasteiger partial charge is 0.304 e. The minimum atomic E-state index is 1.31. The van der Waals surface area contributed by atoms with Crippen LogP contribution in [0.5, 0.6) is 0 Å². The van der Waals surface area contributed by atoms with Crippen LogP contribution in [0.2, 0.25) is 0 Å². The zero-order chi connectivity index (χ0) is 4.28. The van der Waals surface area contributed by atoms with Gasteiger partial charge in [0.25, 0.3) is 5.39 Å². The second kappa shape index (κ2) is 1.53. The van der Waals surface area contributed by atoms with Gasteiger partial charge in [0.15, 0.2) is 0 Å². The van der Waals surface area contributed by atoms with Crippen molar-refractivity contribution in [2.75, 3.05) is 14.1 Å². The highest BCUT2D eigenvalue weighted by molar-refractivity contribution is 4.32. The Hall–Kier alpha value is -0.780. The number of hydrogen-bond acceptors (Lipinski definition) is 2. The Morgan fingerprint density at radius 2 is 1.80 bits per heavy atom. The van der Waals surface area contributed by atoms with Crippen molar-refractivity contribution in [2.45, 2.75) is 0 Å². The van der Waals surface area contributed by atoms with E-state index in [9.17, 15) is 0 Å². The lowest BCUT2D eigenvalue weighted by atomic mass is 11.2. The van der Waals surface area contributed by atoms with Gasteiger partial charge in [-0.2, -0.15) is 0 Å². The summed E-state index contributed by atoms with van der Waals surface area (Å²) in [6.07, 6.45) is 0. The number of diazo groups is 1. The molecular formula is C2H6N3+. The maximum Gasteiger partial charge on any atom is 0.304 e. The molecule has 0 aliphatic heterocycles. The van der Waals surface area contributed by atoms with E-state index in [-0.39, 0.29) is 0 Å². The summed E-state index contributed by atoms with van der Waals surface area (Å²) in [5, 5.41) is 11.7. The number of nitrogens with zero attached hydrogens (tertiary/aromatic N) is 3. The normalized spacial score (nSPS) is 5.80. The standard InChI is InChI=1S/C2H6N3/c1-5(2)4-3/h1-2H3/q+1. The Labute approximate surface area is 30.8 Å². The van der Waals surface area contributed by atoms with Crippen molar-refractivity contribution in [2.24, 2.45) is 0 Å². The highest BCUT2D eigenvalue weighted by Crippen LogP contribution is 1.64. The second-order valence-corrected chi connectivity index (χ2v) is 0.937. The second-order valence-electron chi connectivity index (χ2n) is 0.937. The molecule has 0 atom stereocenters. The van der Waals surface area contributed by atoms with Crippen molar-refractivity contribution < 1.29 is 0 Å². The van der Waals surface area contributed by atoms with Crippen molar-refractivity contribution in [1.82, 2.24) is 5.01 Å². The van der Waals surface area contributed by atoms with Crippen LogP contribution in [0.25, 0.3) is 5.08 Å². The molecule has 0 rings (SSSR count). The summed E-state index contributed by atoms with van der Waals surface area (Å²) < 4.78 is 0. The monoisotopic (exact) mass is 72.1 g/mol. The van der Waals surface area contributed by atoms with Gasteiger partial charge in [-0.1, -0.05) is 0 Å². The first kappa shape index (κ1) is 4.22. The number of hydrogen-bond donors (Lipinski definition) is 0. The first-order valence-electron chi connectivity index (χ1n) is 1.29. The maximum absolute atomic E-state index is 7.69. The molecule has 0 spiro atoms. The summed E-state index contributed by atoms with van der Waals surface area (Å²) >= 11 is 0. The molecule has 0 aromatic heterocycles. The predicted octanol–water partition coefficient (Wildman–Crippen LogP) is 0.316. The summed E-state index contributed by atoms with van der Waals surface area (Å²) in [6, 6.07) is 0. The Kier molecular flexibility index (Phi) is 1.29. The highest BCUT2D eigenvalue weighted by Gasteiger charge is 1.85. The Balaban J connectivity index is 2.94. The summed E-state index contributed by atoms with van der Waals surface area (Å²) in [7, 11) is 3.28. The van der Waals surface area contributed by atoms with Crippen LogP contribution in [0.15, 0.2) is 0 Å². The van der Waals surface area contributed by atoms with Gasteiger partial charge in [-0.05, 0) is 5.01 Å². The maximum atomic E-state index is 7.69. The molecule has 28 valence electrons. The van der Waals surface area contributed by atoms with Gasteiger partial charge in [-0.3, -0.25) is 0 Å². The lowest BCUT2D eigenvalue weighted by molar-refractivity contribution is 0.541. The molecule has 0 bridgehead atoms. The molecule has 3 heteroatoms. The van der Waals surface area contributed by atoms with Gasteiger partial charge in [0.2, 0.25) is 0 Å². The van der Waals surface area contributed by atoms with Gasteiger partial charge < -0.3 is 0 Å². The van der Waals surface area contributed by atoms with E-state index in [4.69, 9.17) is 5.39 Å². The average Bonchev–Trinajstić information content (AvgIpc) is 1.38. The van der Waals surface area contributed by atoms with Crippen LogP contribution < -0.4 is 0 Å². The topological polar surface area (TPSA) is 31.4 Å². The van der Waals surface area contributed by atoms with E-state index in [0.29, 0.717) is 0 Å². The summed E-state index contributed by atoms with van der Waals surface area (Å²) in [4.78, 5) is 0. The van der Waals surface area contributed by atoms with Gasteiger partial charge in [-0.15, -0.1) is 0 Å². The van der Waals surface area contributed by atoms with E-state index in [0.717, 1.165) is 0 Å². The number of rotatable bonds is 0. The van der Waals surface area contributed by atoms with Crippen molar-refractivity contribution in [3.05, 3.63) is 5.08 Å². The van der Waals surface area contributed by atoms with E-state index in [2.05, 4.69) is 5.08 Å². The quantitative estimate of drug-likeness (QED) is 0.305. The third-order valence-corrected chi connectivity index (χ3v) is 0.179. The fourth-order valence-corrected chi connectivity index (χ4v) is 0. The summed E-state index contributed by atoms with van der Waals surface area (Å²) in [5.41, 5.74) is 0. The van der Waals surface area contributed by atoms with Crippen molar-refractivity contribution in [3.8, 4) is 0 Å². The van der Waals surface area contributed by atoms with Gasteiger partial charge >= 0.3 is 5.08 Å². The van der Waals surface area contributed by atoms with Crippen LogP contribution in [0, 0.1) is 5.39 Å². The molecule has 0 heterocycles. The molecule has 0 aliphatic carbocycles. The molecule has 0 fully saturated rings. The zero-order valence-corrected chi connectivity index (χ0v) is 3.34. The molecule has 0 N–H and O–H groups in total. The van der Waals surface area contributed by atoms with Crippen LogP contribution in [0.1, 0.15) is 0 Å². The van der Waals surface area contributed by atoms with Crippen LogP contribution in [-0.2, 0) is 0 Å². The van der Waals surface area contributed by atoms with E-state index >= 15 is 0 Å². The van der Waals surface area contributed by atoms with Gasteiger partial charge in [0, 0.05) is 0 Å². The molecule has 0 aromatic rings. The molecule has 0 aromatic carbocycles. The van der Waals surface area contributed by atoms with Gasteiger partial charge in [-0.25, -0.2) is 0 Å². The summed E-state index contributed by atoms with van der Waals surface area (Å²) in [6.45, 7) is 0. The van der Waals surface area contributed by atoms with E-state index in [1.807, 2.05) is 0 Å². The zero-order valence-electron chi connectivity index (χ0n) is 3.34. The third kappa shape index (κ3) is 3.22. The van der Waals surface area contributed by atoms with Gasteiger partial charge in [0.1, 0.15) is 0 Å². The van der Waals surface area contributed by atoms with E-state index < -0.39 is 0 Å². The fourth-order valence-electron chi connectivity index (χ4n) is 0. The van der Waals surface area contributed by atoms with Gasteiger partial charge in [0.05, 0.1) is 14.1 Å². The smallest absolute Gasteiger partial charge is 0.0389 e. The van der Waals surface area contributed by atoms with Crippen molar-refractivity contribution in [3.63, 3.8) is 0 Å². The molecule has 0 aliphatic rings. The van der Waals surface area contributed by atoms with E-state index in [1.54, 1.807) is 14.1 Å². The van der Waals surface area contributed by atoms with Crippen LogP contribution >= 0.6 is 0 Å². The van der Waals surface area contributed by atoms with Crippen LogP contribution in [0.4, 0.5) is 0 Å². The molecular weight excluding hydrogens is 66.0 g/mol. The summed E-state index contributed by atoms with van der Waals surface area (Å²) in [5.74, 6) is 0.